The first kappa shape index (κ1) is 17.5. The van der Waals surface area contributed by atoms with Gasteiger partial charge in [-0.25, -0.2) is 4.79 Å². The van der Waals surface area contributed by atoms with Crippen LogP contribution in [0.4, 0.5) is 4.79 Å². The molecule has 2 atom stereocenters. The molecule has 1 heterocycles. The number of hydrogen-bond donors (Lipinski definition) is 2. The van der Waals surface area contributed by atoms with Crippen molar-refractivity contribution in [1.82, 2.24) is 10.2 Å². The summed E-state index contributed by atoms with van der Waals surface area (Å²) >= 11 is 0. The number of carbonyl (C=O) groups is 1. The molecule has 0 aliphatic carbocycles. The Kier molecular flexibility index (Phi) is 6.23. The average Bonchev–Trinajstić information content (AvgIpc) is 2.79. The highest BCUT2D eigenvalue weighted by Gasteiger charge is 2.25. The van der Waals surface area contributed by atoms with Gasteiger partial charge in [-0.2, -0.15) is 0 Å². The molecule has 0 saturated heterocycles. The Bertz CT molecular complexity index is 426. The van der Waals surface area contributed by atoms with Crippen LogP contribution in [0.3, 0.4) is 0 Å². The van der Waals surface area contributed by atoms with Crippen LogP contribution in [0.1, 0.15) is 33.5 Å². The third-order valence-electron chi connectivity index (χ3n) is 3.11. The molecule has 6 nitrogen and oxygen atoms in total. The van der Waals surface area contributed by atoms with E-state index in [9.17, 15) is 4.79 Å². The number of nitrogens with two attached hydrogens (primary N) is 1. The van der Waals surface area contributed by atoms with Crippen molar-refractivity contribution in [2.75, 3.05) is 13.6 Å². The number of nitrogens with zero attached hydrogens (tertiary/aromatic N) is 1. The number of nitrogens with one attached hydrogen (secondary N) is 1. The zero-order valence-corrected chi connectivity index (χ0v) is 13.6. The summed E-state index contributed by atoms with van der Waals surface area (Å²) in [7, 11) is 1.95. The van der Waals surface area contributed by atoms with Crippen molar-refractivity contribution >= 4 is 6.09 Å². The minimum Gasteiger partial charge on any atom is -0.468 e. The fourth-order valence-corrected chi connectivity index (χ4v) is 2.12. The van der Waals surface area contributed by atoms with Crippen LogP contribution in [0.25, 0.3) is 0 Å². The molecular weight excluding hydrogens is 270 g/mol. The molecule has 0 aliphatic rings. The Balaban J connectivity index is 2.55. The molecule has 1 amide bonds. The Labute approximate surface area is 126 Å². The van der Waals surface area contributed by atoms with Gasteiger partial charge in [0.05, 0.1) is 12.8 Å². The topological polar surface area (TPSA) is 80.7 Å². The van der Waals surface area contributed by atoms with Crippen LogP contribution in [0, 0.1) is 0 Å². The van der Waals surface area contributed by atoms with E-state index in [0.29, 0.717) is 13.1 Å². The van der Waals surface area contributed by atoms with Crippen molar-refractivity contribution in [3.8, 4) is 0 Å². The van der Waals surface area contributed by atoms with E-state index in [-0.39, 0.29) is 12.1 Å². The Morgan fingerprint density at radius 3 is 2.67 bits per heavy atom. The van der Waals surface area contributed by atoms with E-state index >= 15 is 0 Å². The Morgan fingerprint density at radius 2 is 2.19 bits per heavy atom. The molecule has 6 heteroatoms. The molecule has 0 fully saturated rings. The third-order valence-corrected chi connectivity index (χ3v) is 3.11. The van der Waals surface area contributed by atoms with Crippen molar-refractivity contribution in [2.45, 2.75) is 51.9 Å². The first-order valence-corrected chi connectivity index (χ1v) is 7.15. The maximum absolute atomic E-state index is 11.8. The van der Waals surface area contributed by atoms with E-state index in [1.807, 2.05) is 46.9 Å². The maximum atomic E-state index is 11.8. The standard InChI is InChI=1S/C15H27N3O3/c1-11(17-14(19)21-15(2,3)4)13(9-16)18(5)10-12-7-6-8-20-12/h6-8,11,13H,9-10,16H2,1-5H3,(H,17,19). The molecule has 0 radical (unpaired) electrons. The van der Waals surface area contributed by atoms with Crippen LogP contribution in [0.5, 0.6) is 0 Å². The summed E-state index contributed by atoms with van der Waals surface area (Å²) < 4.78 is 10.6. The molecule has 1 rings (SSSR count). The highest BCUT2D eigenvalue weighted by atomic mass is 16.6. The number of hydrogen-bond acceptors (Lipinski definition) is 5. The molecule has 0 aliphatic heterocycles. The predicted octanol–water partition coefficient (Wildman–Crippen LogP) is 1.95. The van der Waals surface area contributed by atoms with Crippen molar-refractivity contribution in [2.24, 2.45) is 5.73 Å². The van der Waals surface area contributed by atoms with Gasteiger partial charge in [0.2, 0.25) is 0 Å². The van der Waals surface area contributed by atoms with Crippen LogP contribution in [-0.2, 0) is 11.3 Å². The summed E-state index contributed by atoms with van der Waals surface area (Å²) in [6.07, 6.45) is 1.21. The number of furan rings is 1. The molecule has 0 spiro atoms. The van der Waals surface area contributed by atoms with Gasteiger partial charge in [0.15, 0.2) is 0 Å². The van der Waals surface area contributed by atoms with Gasteiger partial charge in [-0.05, 0) is 46.9 Å². The number of rotatable bonds is 6. The van der Waals surface area contributed by atoms with E-state index in [1.54, 1.807) is 6.26 Å². The summed E-state index contributed by atoms with van der Waals surface area (Å²) in [4.78, 5) is 13.9. The average molecular weight is 297 g/mol. The fourth-order valence-electron chi connectivity index (χ4n) is 2.12. The van der Waals surface area contributed by atoms with E-state index in [2.05, 4.69) is 10.2 Å². The summed E-state index contributed by atoms with van der Waals surface area (Å²) in [6, 6.07) is 3.62. The van der Waals surface area contributed by atoms with E-state index in [4.69, 9.17) is 14.9 Å². The van der Waals surface area contributed by atoms with Gasteiger partial charge in [0.25, 0.3) is 0 Å². The lowest BCUT2D eigenvalue weighted by atomic mass is 10.1. The third kappa shape index (κ3) is 6.18. The number of ether oxygens (including phenoxy) is 1. The van der Waals surface area contributed by atoms with Crippen molar-refractivity contribution in [3.63, 3.8) is 0 Å². The van der Waals surface area contributed by atoms with Gasteiger partial charge in [-0.1, -0.05) is 0 Å². The van der Waals surface area contributed by atoms with Gasteiger partial charge in [-0.3, -0.25) is 4.90 Å². The molecule has 120 valence electrons. The van der Waals surface area contributed by atoms with E-state index in [1.165, 1.54) is 0 Å². The lowest BCUT2D eigenvalue weighted by molar-refractivity contribution is 0.0475. The zero-order valence-electron chi connectivity index (χ0n) is 13.6. The van der Waals surface area contributed by atoms with Gasteiger partial charge in [0, 0.05) is 18.6 Å². The second kappa shape index (κ2) is 7.47. The van der Waals surface area contributed by atoms with Gasteiger partial charge >= 0.3 is 6.09 Å². The number of carbonyl (C=O) groups excluding carboxylic acids is 1. The first-order chi connectivity index (χ1) is 9.73. The summed E-state index contributed by atoms with van der Waals surface area (Å²) in [6.45, 7) is 8.48. The zero-order chi connectivity index (χ0) is 16.0. The largest absolute Gasteiger partial charge is 0.468 e. The molecular formula is C15H27N3O3. The lowest BCUT2D eigenvalue weighted by Crippen LogP contribution is -2.53. The quantitative estimate of drug-likeness (QED) is 0.839. The van der Waals surface area contributed by atoms with Crippen LogP contribution < -0.4 is 11.1 Å². The minimum absolute atomic E-state index is 0.0115. The van der Waals surface area contributed by atoms with Crippen molar-refractivity contribution in [3.05, 3.63) is 24.2 Å². The van der Waals surface area contributed by atoms with Gasteiger partial charge in [-0.15, -0.1) is 0 Å². The molecule has 2 unspecified atom stereocenters. The van der Waals surface area contributed by atoms with Crippen LogP contribution in [-0.4, -0.2) is 42.3 Å². The summed E-state index contributed by atoms with van der Waals surface area (Å²) in [5, 5.41) is 2.83. The van der Waals surface area contributed by atoms with E-state index in [0.717, 1.165) is 5.76 Å². The maximum Gasteiger partial charge on any atom is 0.407 e. The smallest absolute Gasteiger partial charge is 0.407 e. The highest BCUT2D eigenvalue weighted by Crippen LogP contribution is 2.11. The molecule has 1 aromatic rings. The second-order valence-corrected chi connectivity index (χ2v) is 6.23. The number of alkyl carbamates (subject to hydrolysis) is 1. The van der Waals surface area contributed by atoms with Crippen molar-refractivity contribution in [1.29, 1.82) is 0 Å². The monoisotopic (exact) mass is 297 g/mol. The first-order valence-electron chi connectivity index (χ1n) is 7.15. The molecule has 21 heavy (non-hydrogen) atoms. The molecule has 1 aromatic heterocycles. The van der Waals surface area contributed by atoms with Crippen LogP contribution in [0.2, 0.25) is 0 Å². The van der Waals surface area contributed by atoms with E-state index < -0.39 is 11.7 Å². The lowest BCUT2D eigenvalue weighted by Gasteiger charge is -2.32. The fraction of sp³-hybridized carbons (Fsp3) is 0.667. The predicted molar refractivity (Wildman–Crippen MR) is 81.8 cm³/mol. The van der Waals surface area contributed by atoms with Crippen molar-refractivity contribution < 1.29 is 13.9 Å². The molecule has 0 aromatic carbocycles. The number of amides is 1. The van der Waals surface area contributed by atoms with Crippen LogP contribution >= 0.6 is 0 Å². The van der Waals surface area contributed by atoms with Gasteiger partial charge in [0.1, 0.15) is 11.4 Å². The summed E-state index contributed by atoms with van der Waals surface area (Å²) in [5.41, 5.74) is 5.33. The summed E-state index contributed by atoms with van der Waals surface area (Å²) in [5.74, 6) is 0.861. The van der Waals surface area contributed by atoms with Gasteiger partial charge < -0.3 is 20.2 Å². The minimum atomic E-state index is -0.512. The molecule has 3 N–H and O–H groups in total. The molecule has 0 bridgehead atoms. The second-order valence-electron chi connectivity index (χ2n) is 6.23. The SMILES string of the molecule is CC(NC(=O)OC(C)(C)C)C(CN)N(C)Cc1ccco1. The normalized spacial score (nSPS) is 14.8. The van der Waals surface area contributed by atoms with Crippen LogP contribution in [0.15, 0.2) is 22.8 Å². The number of likely N-dealkylation sites (N-methyl/N-ethyl adjacent to an activating group) is 1. The molecule has 0 saturated carbocycles. The Hall–Kier alpha value is -1.53. The Morgan fingerprint density at radius 1 is 1.52 bits per heavy atom. The highest BCUT2D eigenvalue weighted by molar-refractivity contribution is 5.68.